The second-order valence-electron chi connectivity index (χ2n) is 7.95. The molecule has 1 aliphatic heterocycles. The number of benzene rings is 1. The molecule has 3 aromatic rings. The van der Waals surface area contributed by atoms with Crippen molar-refractivity contribution in [1.29, 1.82) is 5.26 Å². The highest BCUT2D eigenvalue weighted by Crippen LogP contribution is 2.22. The van der Waals surface area contributed by atoms with Crippen LogP contribution in [-0.2, 0) is 0 Å². The van der Waals surface area contributed by atoms with E-state index in [0.717, 1.165) is 25.9 Å². The van der Waals surface area contributed by atoms with Gasteiger partial charge in [-0.05, 0) is 38.1 Å². The number of hydrogen-bond donors (Lipinski definition) is 2. The van der Waals surface area contributed by atoms with Gasteiger partial charge in [-0.25, -0.2) is 9.37 Å². The Hall–Kier alpha value is -3.35. The van der Waals surface area contributed by atoms with Gasteiger partial charge in [0.05, 0.1) is 5.69 Å². The van der Waals surface area contributed by atoms with Gasteiger partial charge in [0.2, 0.25) is 5.95 Å². The average molecular weight is 482 g/mol. The Morgan fingerprint density at radius 2 is 1.86 bits per heavy atom. The quantitative estimate of drug-likeness (QED) is 0.555. The minimum Gasteiger partial charge on any atom is -0.322 e. The van der Waals surface area contributed by atoms with E-state index in [1.54, 1.807) is 22.8 Å². The predicted molar refractivity (Wildman–Crippen MR) is 140 cm³/mol. The van der Waals surface area contributed by atoms with Crippen LogP contribution in [0.5, 0.6) is 0 Å². The molecule has 8 nitrogen and oxygen atoms in total. The van der Waals surface area contributed by atoms with Crippen molar-refractivity contribution in [3.05, 3.63) is 58.3 Å². The van der Waals surface area contributed by atoms with Crippen LogP contribution in [0.4, 0.5) is 16.0 Å². The first-order chi connectivity index (χ1) is 17.0. The molecule has 1 fully saturated rings. The first-order valence-electron chi connectivity index (χ1n) is 12.2. The molecular weight excluding hydrogens is 445 g/mol. The maximum absolute atomic E-state index is 13.9. The van der Waals surface area contributed by atoms with E-state index in [1.807, 2.05) is 33.8 Å². The number of hydrogen-bond acceptors (Lipinski definition) is 7. The fourth-order valence-corrected chi connectivity index (χ4v) is 3.71. The van der Waals surface area contributed by atoms with Gasteiger partial charge >= 0.3 is 0 Å². The summed E-state index contributed by atoms with van der Waals surface area (Å²) in [5.74, 6) is -0.236. The highest BCUT2D eigenvalue weighted by molar-refractivity contribution is 5.77. The smallest absolute Gasteiger partial charge is 0.270 e. The summed E-state index contributed by atoms with van der Waals surface area (Å²) in [6.45, 7) is 12.7. The number of nitriles is 1. The lowest BCUT2D eigenvalue weighted by molar-refractivity contribution is 0.291. The summed E-state index contributed by atoms with van der Waals surface area (Å²) >= 11 is 0. The van der Waals surface area contributed by atoms with Gasteiger partial charge in [0.1, 0.15) is 23.1 Å². The maximum atomic E-state index is 13.9. The molecule has 0 unspecified atom stereocenters. The van der Waals surface area contributed by atoms with Crippen LogP contribution in [0.15, 0.2) is 41.3 Å². The number of nitrogens with zero attached hydrogens (tertiary/aromatic N) is 5. The molecule has 0 aliphatic carbocycles. The van der Waals surface area contributed by atoms with E-state index in [4.69, 9.17) is 0 Å². The summed E-state index contributed by atoms with van der Waals surface area (Å²) in [7, 11) is 2.15. The van der Waals surface area contributed by atoms with E-state index in [0.29, 0.717) is 11.0 Å². The van der Waals surface area contributed by atoms with Crippen LogP contribution in [0.2, 0.25) is 0 Å². The van der Waals surface area contributed by atoms with Gasteiger partial charge in [-0.1, -0.05) is 39.8 Å². The first kappa shape index (κ1) is 27.9. The Labute approximate surface area is 206 Å². The zero-order chi connectivity index (χ0) is 25.8. The topological polar surface area (TPSA) is 98.9 Å². The van der Waals surface area contributed by atoms with Crippen molar-refractivity contribution >= 4 is 22.7 Å². The minimum absolute atomic E-state index is 0.0582. The van der Waals surface area contributed by atoms with Gasteiger partial charge in [-0.3, -0.25) is 9.36 Å². The fourth-order valence-electron chi connectivity index (χ4n) is 3.71. The van der Waals surface area contributed by atoms with Crippen molar-refractivity contribution < 1.29 is 4.39 Å². The largest absolute Gasteiger partial charge is 0.322 e. The number of nitrogens with one attached hydrogen (secondary N) is 2. The molecule has 0 atom stereocenters. The summed E-state index contributed by atoms with van der Waals surface area (Å²) in [5.41, 5.74) is 0.362. The van der Waals surface area contributed by atoms with E-state index in [2.05, 4.69) is 32.5 Å². The van der Waals surface area contributed by atoms with Crippen molar-refractivity contribution in [2.75, 3.05) is 38.5 Å². The van der Waals surface area contributed by atoms with Crippen LogP contribution < -0.4 is 16.2 Å². The second kappa shape index (κ2) is 14.1. The van der Waals surface area contributed by atoms with E-state index in [1.165, 1.54) is 31.4 Å². The molecule has 0 radical (unpaired) electrons. The van der Waals surface area contributed by atoms with Crippen molar-refractivity contribution in [2.45, 2.75) is 46.6 Å². The molecule has 2 aromatic heterocycles. The SMILES string of the molecule is CC.CCC(CC)n1c(=O)c(C#N)cc2cnc(Nc3ccccc3F)nc21.CN1CCNCC1. The highest BCUT2D eigenvalue weighted by atomic mass is 19.1. The number of halogens is 1. The van der Waals surface area contributed by atoms with Crippen LogP contribution >= 0.6 is 0 Å². The van der Waals surface area contributed by atoms with Crippen molar-refractivity contribution in [1.82, 2.24) is 24.8 Å². The molecule has 2 N–H and O–H groups in total. The third-order valence-corrected chi connectivity index (χ3v) is 5.66. The Kier molecular flexibility index (Phi) is 11.3. The number of aromatic nitrogens is 3. The molecular formula is C26H36FN7O. The first-order valence-corrected chi connectivity index (χ1v) is 12.2. The molecule has 4 rings (SSSR count). The normalized spacial score (nSPS) is 13.3. The van der Waals surface area contributed by atoms with Crippen LogP contribution in [0.25, 0.3) is 11.0 Å². The number of piperazine rings is 1. The molecule has 1 aliphatic rings. The third kappa shape index (κ3) is 7.31. The summed E-state index contributed by atoms with van der Waals surface area (Å²) in [6.07, 6.45) is 2.98. The van der Waals surface area contributed by atoms with E-state index >= 15 is 0 Å². The summed E-state index contributed by atoms with van der Waals surface area (Å²) < 4.78 is 15.4. The van der Waals surface area contributed by atoms with Gasteiger partial charge in [0.25, 0.3) is 5.56 Å². The average Bonchev–Trinajstić information content (AvgIpc) is 2.89. The summed E-state index contributed by atoms with van der Waals surface area (Å²) in [5, 5.41) is 16.0. The van der Waals surface area contributed by atoms with Gasteiger partial charge in [0.15, 0.2) is 0 Å². The van der Waals surface area contributed by atoms with Gasteiger partial charge < -0.3 is 15.5 Å². The third-order valence-electron chi connectivity index (χ3n) is 5.66. The number of pyridine rings is 1. The minimum atomic E-state index is -0.423. The number of para-hydroxylation sites is 1. The van der Waals surface area contributed by atoms with Crippen LogP contribution in [0.3, 0.4) is 0 Å². The van der Waals surface area contributed by atoms with Crippen molar-refractivity contribution in [3.8, 4) is 6.07 Å². The molecule has 0 amide bonds. The number of fused-ring (bicyclic) bond motifs is 1. The Balaban J connectivity index is 0.000000407. The zero-order valence-electron chi connectivity index (χ0n) is 21.3. The molecule has 35 heavy (non-hydrogen) atoms. The fraction of sp³-hybridized carbons (Fsp3) is 0.462. The van der Waals surface area contributed by atoms with Gasteiger partial charge in [0, 0.05) is 43.8 Å². The van der Waals surface area contributed by atoms with Gasteiger partial charge in [-0.2, -0.15) is 10.2 Å². The molecule has 9 heteroatoms. The van der Waals surface area contributed by atoms with Crippen LogP contribution in [0, 0.1) is 17.1 Å². The lowest BCUT2D eigenvalue weighted by atomic mass is 10.1. The number of likely N-dealkylation sites (N-methyl/N-ethyl adjacent to an activating group) is 1. The summed E-state index contributed by atoms with van der Waals surface area (Å²) in [4.78, 5) is 23.6. The van der Waals surface area contributed by atoms with E-state index in [-0.39, 0.29) is 28.8 Å². The standard InChI is InChI=1S/C19H18FN5O.C5H12N2.C2H6/c1-3-14(4-2)25-17-13(9-12(10-21)18(25)26)11-22-19(24-17)23-16-8-6-5-7-15(16)20;1-7-4-2-6-3-5-7;1-2/h5-9,11,14H,3-4H2,1-2H3,(H,22,23,24);6H,2-5H2,1H3;1-2H3. The van der Waals surface area contributed by atoms with Crippen molar-refractivity contribution in [3.63, 3.8) is 0 Å². The maximum Gasteiger partial charge on any atom is 0.270 e. The van der Waals surface area contributed by atoms with Gasteiger partial charge in [-0.15, -0.1) is 0 Å². The molecule has 1 saturated heterocycles. The highest BCUT2D eigenvalue weighted by Gasteiger charge is 2.17. The zero-order valence-corrected chi connectivity index (χ0v) is 21.3. The lowest BCUT2D eigenvalue weighted by Crippen LogP contribution is -2.40. The monoisotopic (exact) mass is 481 g/mol. The Morgan fingerprint density at radius 1 is 1.20 bits per heavy atom. The van der Waals surface area contributed by atoms with Crippen LogP contribution in [0.1, 0.15) is 52.1 Å². The molecule has 1 aromatic carbocycles. The summed E-state index contributed by atoms with van der Waals surface area (Å²) in [6, 6.07) is 9.55. The Bertz CT molecular complexity index is 1180. The second-order valence-corrected chi connectivity index (χ2v) is 7.95. The molecule has 0 bridgehead atoms. The van der Waals surface area contributed by atoms with E-state index < -0.39 is 5.82 Å². The number of rotatable bonds is 5. The Morgan fingerprint density at radius 3 is 2.40 bits per heavy atom. The predicted octanol–water partition coefficient (Wildman–Crippen LogP) is 4.45. The molecule has 0 saturated carbocycles. The van der Waals surface area contributed by atoms with Crippen molar-refractivity contribution in [2.24, 2.45) is 0 Å². The lowest BCUT2D eigenvalue weighted by Gasteiger charge is -2.21. The van der Waals surface area contributed by atoms with E-state index in [9.17, 15) is 14.4 Å². The van der Waals surface area contributed by atoms with Crippen LogP contribution in [-0.4, -0.2) is 52.7 Å². The molecule has 188 valence electrons. The number of anilines is 2. The molecule has 0 spiro atoms. The molecule has 3 heterocycles.